The molecule has 0 aromatic heterocycles. The molecule has 1 aromatic carbocycles. The summed E-state index contributed by atoms with van der Waals surface area (Å²) in [6, 6.07) is 3.93. The van der Waals surface area contributed by atoms with E-state index in [1.54, 1.807) is 0 Å². The second-order valence-electron chi connectivity index (χ2n) is 3.55. The highest BCUT2D eigenvalue weighted by molar-refractivity contribution is 7.89. The van der Waals surface area contributed by atoms with Gasteiger partial charge in [-0.1, -0.05) is 6.92 Å². The van der Waals surface area contributed by atoms with Gasteiger partial charge in [0.25, 0.3) is 0 Å². The molecule has 0 radical (unpaired) electrons. The summed E-state index contributed by atoms with van der Waals surface area (Å²) in [6.07, 6.45) is 0.684. The molecule has 0 atom stereocenters. The summed E-state index contributed by atoms with van der Waals surface area (Å²) in [5, 5.41) is 5.04. The molecule has 100 valence electrons. The Balaban J connectivity index is 3.15. The summed E-state index contributed by atoms with van der Waals surface area (Å²) in [7, 11) is -2.64. The lowest BCUT2D eigenvalue weighted by atomic mass is 10.2. The van der Waals surface area contributed by atoms with Crippen molar-refractivity contribution < 1.29 is 22.7 Å². The molecule has 7 heteroatoms. The Bertz CT molecular complexity index is 538. The minimum atomic E-state index is -3.95. The molecule has 1 rings (SSSR count). The van der Waals surface area contributed by atoms with Gasteiger partial charge in [-0.3, -0.25) is 0 Å². The zero-order valence-electron chi connectivity index (χ0n) is 10.2. The number of benzene rings is 1. The number of ether oxygens (including phenoxy) is 2. The Morgan fingerprint density at radius 3 is 2.56 bits per heavy atom. The van der Waals surface area contributed by atoms with Crippen LogP contribution in [0.3, 0.4) is 0 Å². The lowest BCUT2D eigenvalue weighted by Crippen LogP contribution is -2.15. The molecule has 0 aliphatic carbocycles. The van der Waals surface area contributed by atoms with E-state index in [2.05, 4.69) is 0 Å². The molecule has 0 saturated carbocycles. The molecule has 2 N–H and O–H groups in total. The third-order valence-corrected chi connectivity index (χ3v) is 3.08. The first-order valence-electron chi connectivity index (χ1n) is 5.28. The van der Waals surface area contributed by atoms with Crippen molar-refractivity contribution in [3.05, 3.63) is 23.8 Å². The van der Waals surface area contributed by atoms with Crippen LogP contribution in [-0.2, 0) is 14.8 Å². The largest absolute Gasteiger partial charge is 0.495 e. The van der Waals surface area contributed by atoms with Crippen molar-refractivity contribution in [2.24, 2.45) is 5.14 Å². The highest BCUT2D eigenvalue weighted by atomic mass is 32.2. The molecule has 0 fully saturated rings. The van der Waals surface area contributed by atoms with Gasteiger partial charge in [0, 0.05) is 0 Å². The zero-order valence-corrected chi connectivity index (χ0v) is 11.0. The number of nitrogens with two attached hydrogens (primary N) is 1. The molecular weight excluding hydrogens is 258 g/mol. The SMILES string of the molecule is CCCOC(=O)c1ccc(OC)c(S(N)(=O)=O)c1. The molecule has 0 amide bonds. The van der Waals surface area contributed by atoms with Gasteiger partial charge in [0.2, 0.25) is 10.0 Å². The number of methoxy groups -OCH3 is 1. The number of rotatable bonds is 5. The van der Waals surface area contributed by atoms with Crippen LogP contribution in [0.5, 0.6) is 5.75 Å². The average Bonchev–Trinajstić information content (AvgIpc) is 2.34. The number of carbonyl (C=O) groups is 1. The zero-order chi connectivity index (χ0) is 13.8. The fourth-order valence-corrected chi connectivity index (χ4v) is 2.03. The van der Waals surface area contributed by atoms with Crippen molar-refractivity contribution in [3.8, 4) is 5.75 Å². The van der Waals surface area contributed by atoms with Gasteiger partial charge in [-0.15, -0.1) is 0 Å². The monoisotopic (exact) mass is 273 g/mol. The average molecular weight is 273 g/mol. The van der Waals surface area contributed by atoms with Crippen LogP contribution in [0.25, 0.3) is 0 Å². The molecule has 0 unspecified atom stereocenters. The molecular formula is C11H15NO5S. The van der Waals surface area contributed by atoms with Crippen LogP contribution in [0.4, 0.5) is 0 Å². The Morgan fingerprint density at radius 1 is 1.39 bits per heavy atom. The van der Waals surface area contributed by atoms with E-state index in [-0.39, 0.29) is 22.8 Å². The molecule has 0 aliphatic heterocycles. The van der Waals surface area contributed by atoms with Crippen molar-refractivity contribution in [3.63, 3.8) is 0 Å². The van der Waals surface area contributed by atoms with Gasteiger partial charge in [0.05, 0.1) is 19.3 Å². The summed E-state index contributed by atoms with van der Waals surface area (Å²) in [5.41, 5.74) is 0.119. The van der Waals surface area contributed by atoms with Crippen LogP contribution in [0.2, 0.25) is 0 Å². The van der Waals surface area contributed by atoms with Crippen LogP contribution in [0, 0.1) is 0 Å². The summed E-state index contributed by atoms with van der Waals surface area (Å²) in [4.78, 5) is 11.3. The number of carbonyl (C=O) groups excluding carboxylic acids is 1. The van der Waals surface area contributed by atoms with Gasteiger partial charge in [-0.25, -0.2) is 18.4 Å². The van der Waals surface area contributed by atoms with E-state index in [0.717, 1.165) is 6.07 Å². The van der Waals surface area contributed by atoms with Gasteiger partial charge in [0.15, 0.2) is 0 Å². The standard InChI is InChI=1S/C11H15NO5S/c1-3-6-17-11(13)8-4-5-9(16-2)10(7-8)18(12,14)15/h4-5,7H,3,6H2,1-2H3,(H2,12,14,15). The van der Waals surface area contributed by atoms with Crippen molar-refractivity contribution in [1.82, 2.24) is 0 Å². The topological polar surface area (TPSA) is 95.7 Å². The highest BCUT2D eigenvalue weighted by Gasteiger charge is 2.18. The Labute approximate surface area is 106 Å². The second kappa shape index (κ2) is 5.83. The molecule has 1 aromatic rings. The Kier molecular flexibility index (Phi) is 4.69. The Hall–Kier alpha value is -1.60. The van der Waals surface area contributed by atoms with E-state index in [1.165, 1.54) is 19.2 Å². The van der Waals surface area contributed by atoms with Gasteiger partial charge in [-0.05, 0) is 24.6 Å². The van der Waals surface area contributed by atoms with Crippen molar-refractivity contribution in [2.75, 3.05) is 13.7 Å². The fourth-order valence-electron chi connectivity index (χ4n) is 1.30. The van der Waals surface area contributed by atoms with Gasteiger partial charge < -0.3 is 9.47 Å². The number of primary sulfonamides is 1. The number of hydrogen-bond acceptors (Lipinski definition) is 5. The maximum Gasteiger partial charge on any atom is 0.338 e. The van der Waals surface area contributed by atoms with Crippen LogP contribution in [0.15, 0.2) is 23.1 Å². The molecule has 0 heterocycles. The Morgan fingerprint density at radius 2 is 2.06 bits per heavy atom. The maximum atomic E-state index is 11.6. The summed E-state index contributed by atoms with van der Waals surface area (Å²) in [6.45, 7) is 2.13. The number of sulfonamides is 1. The summed E-state index contributed by atoms with van der Waals surface area (Å²) >= 11 is 0. The first-order chi connectivity index (χ1) is 8.40. The fraction of sp³-hybridized carbons (Fsp3) is 0.364. The smallest absolute Gasteiger partial charge is 0.338 e. The maximum absolute atomic E-state index is 11.6. The molecule has 6 nitrogen and oxygen atoms in total. The number of esters is 1. The minimum absolute atomic E-state index is 0.0875. The lowest BCUT2D eigenvalue weighted by molar-refractivity contribution is 0.0505. The second-order valence-corrected chi connectivity index (χ2v) is 5.08. The molecule has 0 bridgehead atoms. The van der Waals surface area contributed by atoms with Crippen LogP contribution in [-0.4, -0.2) is 28.1 Å². The van der Waals surface area contributed by atoms with Crippen molar-refractivity contribution in [2.45, 2.75) is 18.2 Å². The van der Waals surface area contributed by atoms with E-state index in [9.17, 15) is 13.2 Å². The number of hydrogen-bond donors (Lipinski definition) is 1. The first kappa shape index (κ1) is 14.5. The van der Waals surface area contributed by atoms with Gasteiger partial charge in [-0.2, -0.15) is 0 Å². The normalized spacial score (nSPS) is 11.1. The lowest BCUT2D eigenvalue weighted by Gasteiger charge is -2.08. The molecule has 0 saturated heterocycles. The summed E-state index contributed by atoms with van der Waals surface area (Å²) in [5.74, 6) is -0.506. The van der Waals surface area contributed by atoms with Crippen LogP contribution in [0.1, 0.15) is 23.7 Å². The highest BCUT2D eigenvalue weighted by Crippen LogP contribution is 2.24. The quantitative estimate of drug-likeness (QED) is 0.804. The van der Waals surface area contributed by atoms with E-state index < -0.39 is 16.0 Å². The van der Waals surface area contributed by atoms with E-state index in [0.29, 0.717) is 6.42 Å². The van der Waals surface area contributed by atoms with Crippen LogP contribution >= 0.6 is 0 Å². The first-order valence-corrected chi connectivity index (χ1v) is 6.82. The van der Waals surface area contributed by atoms with E-state index >= 15 is 0 Å². The molecule has 0 spiro atoms. The summed E-state index contributed by atoms with van der Waals surface area (Å²) < 4.78 is 32.5. The molecule has 0 aliphatic rings. The van der Waals surface area contributed by atoms with Gasteiger partial charge >= 0.3 is 5.97 Å². The van der Waals surface area contributed by atoms with Crippen molar-refractivity contribution >= 4 is 16.0 Å². The molecule has 18 heavy (non-hydrogen) atoms. The van der Waals surface area contributed by atoms with Gasteiger partial charge in [0.1, 0.15) is 10.6 Å². The van der Waals surface area contributed by atoms with Crippen molar-refractivity contribution in [1.29, 1.82) is 0 Å². The van der Waals surface area contributed by atoms with Crippen LogP contribution < -0.4 is 9.88 Å². The predicted molar refractivity (Wildman–Crippen MR) is 64.9 cm³/mol. The minimum Gasteiger partial charge on any atom is -0.495 e. The third kappa shape index (κ3) is 3.44. The predicted octanol–water partition coefficient (Wildman–Crippen LogP) is 0.909. The van der Waals surface area contributed by atoms with E-state index in [4.69, 9.17) is 14.6 Å². The van der Waals surface area contributed by atoms with E-state index in [1.807, 2.05) is 6.92 Å². The third-order valence-electron chi connectivity index (χ3n) is 2.14.